The van der Waals surface area contributed by atoms with Crippen molar-refractivity contribution in [2.24, 2.45) is 0 Å². The minimum atomic E-state index is -0.311. The van der Waals surface area contributed by atoms with Crippen molar-refractivity contribution in [1.82, 2.24) is 15.6 Å². The van der Waals surface area contributed by atoms with Crippen LogP contribution in [0.5, 0.6) is 0 Å². The van der Waals surface area contributed by atoms with Gasteiger partial charge in [-0.25, -0.2) is 4.98 Å². The Balaban J connectivity index is 2.47. The molecular weight excluding hydrogens is 244 g/mol. The number of nitrogens with one attached hydrogen (secondary N) is 3. The molecule has 0 radical (unpaired) electrons. The molecule has 0 fully saturated rings. The van der Waals surface area contributed by atoms with E-state index in [0.717, 1.165) is 12.4 Å². The summed E-state index contributed by atoms with van der Waals surface area (Å²) in [6, 6.07) is 3.46. The monoisotopic (exact) mass is 264 g/mol. The lowest BCUT2D eigenvalue weighted by molar-refractivity contribution is -0.120. The third-order valence-corrected chi connectivity index (χ3v) is 2.24. The van der Waals surface area contributed by atoms with E-state index in [9.17, 15) is 9.59 Å². The molecule has 0 aromatic carbocycles. The number of hydrogen-bond acceptors (Lipinski definition) is 4. The molecule has 1 rings (SSSR count). The van der Waals surface area contributed by atoms with Gasteiger partial charge in [0.15, 0.2) is 0 Å². The smallest absolute Gasteiger partial charge is 0.253 e. The van der Waals surface area contributed by atoms with Crippen LogP contribution in [-0.2, 0) is 4.79 Å². The van der Waals surface area contributed by atoms with Crippen molar-refractivity contribution < 1.29 is 9.59 Å². The molecule has 2 amide bonds. The fourth-order valence-electron chi connectivity index (χ4n) is 1.45. The van der Waals surface area contributed by atoms with Gasteiger partial charge in [0, 0.05) is 18.8 Å². The minimum Gasteiger partial charge on any atom is -0.370 e. The van der Waals surface area contributed by atoms with Gasteiger partial charge in [0.05, 0.1) is 12.1 Å². The summed E-state index contributed by atoms with van der Waals surface area (Å²) in [6.07, 6.45) is 1.48. The largest absolute Gasteiger partial charge is 0.370 e. The van der Waals surface area contributed by atoms with Gasteiger partial charge in [0.2, 0.25) is 5.91 Å². The number of rotatable bonds is 6. The quantitative estimate of drug-likeness (QED) is 0.708. The Morgan fingerprint density at radius 3 is 2.58 bits per heavy atom. The molecule has 1 aromatic rings. The van der Waals surface area contributed by atoms with E-state index in [2.05, 4.69) is 20.9 Å². The van der Waals surface area contributed by atoms with Gasteiger partial charge in [0.1, 0.15) is 5.82 Å². The van der Waals surface area contributed by atoms with Crippen LogP contribution in [0, 0.1) is 0 Å². The third kappa shape index (κ3) is 5.37. The van der Waals surface area contributed by atoms with Gasteiger partial charge in [-0.05, 0) is 32.9 Å². The fourth-order valence-corrected chi connectivity index (χ4v) is 1.45. The third-order valence-electron chi connectivity index (χ3n) is 2.24. The molecule has 0 aliphatic rings. The van der Waals surface area contributed by atoms with Gasteiger partial charge in [-0.15, -0.1) is 0 Å². The van der Waals surface area contributed by atoms with Gasteiger partial charge >= 0.3 is 0 Å². The van der Waals surface area contributed by atoms with Crippen LogP contribution in [0.25, 0.3) is 0 Å². The van der Waals surface area contributed by atoms with Crippen LogP contribution >= 0.6 is 0 Å². The molecule has 3 N–H and O–H groups in total. The number of hydrogen-bond donors (Lipinski definition) is 3. The van der Waals surface area contributed by atoms with Crippen LogP contribution in [0.3, 0.4) is 0 Å². The normalized spacial score (nSPS) is 10.1. The van der Waals surface area contributed by atoms with Gasteiger partial charge < -0.3 is 16.0 Å². The van der Waals surface area contributed by atoms with Crippen molar-refractivity contribution in [1.29, 1.82) is 0 Å². The summed E-state index contributed by atoms with van der Waals surface area (Å²) in [7, 11) is 0. The molecule has 1 aromatic heterocycles. The fraction of sp³-hybridized carbons (Fsp3) is 0.462. The second kappa shape index (κ2) is 7.35. The summed E-state index contributed by atoms with van der Waals surface area (Å²) >= 11 is 0. The van der Waals surface area contributed by atoms with Crippen LogP contribution in [0.4, 0.5) is 5.82 Å². The summed E-state index contributed by atoms with van der Waals surface area (Å²) in [5, 5.41) is 8.28. The summed E-state index contributed by atoms with van der Waals surface area (Å²) in [5.41, 5.74) is 0.430. The molecule has 0 saturated carbocycles. The average molecular weight is 264 g/mol. The van der Waals surface area contributed by atoms with E-state index in [1.807, 2.05) is 20.8 Å². The Bertz CT molecular complexity index is 429. The maximum Gasteiger partial charge on any atom is 0.253 e. The molecule has 6 heteroatoms. The number of amides is 2. The number of aromatic nitrogens is 1. The average Bonchev–Trinajstić information content (AvgIpc) is 2.36. The Hall–Kier alpha value is -2.11. The van der Waals surface area contributed by atoms with Crippen molar-refractivity contribution in [3.05, 3.63) is 23.9 Å². The number of pyridine rings is 1. The summed E-state index contributed by atoms with van der Waals surface area (Å²) in [6.45, 7) is 6.43. The lowest BCUT2D eigenvalue weighted by Gasteiger charge is -2.09. The van der Waals surface area contributed by atoms with Gasteiger partial charge in [-0.3, -0.25) is 9.59 Å². The topological polar surface area (TPSA) is 83.1 Å². The Kier molecular flexibility index (Phi) is 5.78. The molecule has 0 aliphatic carbocycles. The summed E-state index contributed by atoms with van der Waals surface area (Å²) in [5.74, 6) is 0.201. The van der Waals surface area contributed by atoms with Crippen molar-refractivity contribution in [2.75, 3.05) is 18.4 Å². The molecule has 1 heterocycles. The van der Waals surface area contributed by atoms with E-state index < -0.39 is 0 Å². The molecule has 19 heavy (non-hydrogen) atoms. The highest BCUT2D eigenvalue weighted by molar-refractivity contribution is 5.96. The zero-order valence-corrected chi connectivity index (χ0v) is 11.5. The van der Waals surface area contributed by atoms with Crippen molar-refractivity contribution >= 4 is 17.6 Å². The van der Waals surface area contributed by atoms with E-state index in [0.29, 0.717) is 5.56 Å². The number of carbonyl (C=O) groups is 2. The molecule has 0 aliphatic heterocycles. The Morgan fingerprint density at radius 2 is 2.05 bits per heavy atom. The Labute approximate surface area is 113 Å². The predicted octanol–water partition coefficient (Wildman–Crippen LogP) is 0.768. The van der Waals surface area contributed by atoms with Crippen LogP contribution in [0.1, 0.15) is 31.1 Å². The van der Waals surface area contributed by atoms with E-state index in [1.165, 1.54) is 6.20 Å². The summed E-state index contributed by atoms with van der Waals surface area (Å²) < 4.78 is 0. The van der Waals surface area contributed by atoms with Gasteiger partial charge in [0.25, 0.3) is 5.91 Å². The lowest BCUT2D eigenvalue weighted by atomic mass is 10.2. The number of nitrogens with zero attached hydrogens (tertiary/aromatic N) is 1. The predicted molar refractivity (Wildman–Crippen MR) is 74.0 cm³/mol. The second-order valence-electron chi connectivity index (χ2n) is 4.37. The van der Waals surface area contributed by atoms with Crippen molar-refractivity contribution in [3.63, 3.8) is 0 Å². The first-order valence-electron chi connectivity index (χ1n) is 6.30. The van der Waals surface area contributed by atoms with Crippen LogP contribution in [0.2, 0.25) is 0 Å². The number of anilines is 1. The Morgan fingerprint density at radius 1 is 1.32 bits per heavy atom. The van der Waals surface area contributed by atoms with Crippen molar-refractivity contribution in [2.45, 2.75) is 26.8 Å². The van der Waals surface area contributed by atoms with E-state index in [1.54, 1.807) is 12.1 Å². The highest BCUT2D eigenvalue weighted by Gasteiger charge is 2.08. The standard InChI is InChI=1S/C13H20N4O2/c1-4-14-11-6-5-10(7-15-11)13(19)16-8-12(18)17-9(2)3/h5-7,9H,4,8H2,1-3H3,(H,14,15)(H,16,19)(H,17,18). The first kappa shape index (κ1) is 14.9. The summed E-state index contributed by atoms with van der Waals surface area (Å²) in [4.78, 5) is 27.2. The zero-order valence-electron chi connectivity index (χ0n) is 11.5. The molecule has 0 saturated heterocycles. The van der Waals surface area contributed by atoms with E-state index in [-0.39, 0.29) is 24.4 Å². The second-order valence-corrected chi connectivity index (χ2v) is 4.37. The molecular formula is C13H20N4O2. The molecule has 0 spiro atoms. The maximum atomic E-state index is 11.8. The molecule has 0 unspecified atom stereocenters. The first-order chi connectivity index (χ1) is 9.02. The maximum absolute atomic E-state index is 11.8. The molecule has 6 nitrogen and oxygen atoms in total. The van der Waals surface area contributed by atoms with Crippen LogP contribution in [0.15, 0.2) is 18.3 Å². The zero-order chi connectivity index (χ0) is 14.3. The minimum absolute atomic E-state index is 0.0357. The van der Waals surface area contributed by atoms with Crippen LogP contribution < -0.4 is 16.0 Å². The number of carbonyl (C=O) groups excluding carboxylic acids is 2. The SMILES string of the molecule is CCNc1ccc(C(=O)NCC(=O)NC(C)C)cn1. The van der Waals surface area contributed by atoms with E-state index in [4.69, 9.17) is 0 Å². The first-order valence-corrected chi connectivity index (χ1v) is 6.30. The highest BCUT2D eigenvalue weighted by Crippen LogP contribution is 2.04. The van der Waals surface area contributed by atoms with E-state index >= 15 is 0 Å². The van der Waals surface area contributed by atoms with Crippen LogP contribution in [-0.4, -0.2) is 35.9 Å². The molecule has 0 bridgehead atoms. The molecule has 104 valence electrons. The van der Waals surface area contributed by atoms with Gasteiger partial charge in [-0.1, -0.05) is 0 Å². The molecule has 0 atom stereocenters. The lowest BCUT2D eigenvalue weighted by Crippen LogP contribution is -2.39. The van der Waals surface area contributed by atoms with Gasteiger partial charge in [-0.2, -0.15) is 0 Å². The highest BCUT2D eigenvalue weighted by atomic mass is 16.2. The van der Waals surface area contributed by atoms with Crippen molar-refractivity contribution in [3.8, 4) is 0 Å².